The minimum atomic E-state index is -0.798. The van der Waals surface area contributed by atoms with Crippen LogP contribution in [0.4, 0.5) is 11.6 Å². The standard InChI is InChI=1S/C7H6N6O4S2/c1-3-9-10-7(19-3)18-2-4(14)8-5-6(13(15)16)12-17-11-5/h2H2,1H3,(H,8,11,14). The van der Waals surface area contributed by atoms with Crippen LogP contribution in [-0.4, -0.2) is 37.1 Å². The van der Waals surface area contributed by atoms with Gasteiger partial charge in [-0.3, -0.25) is 10.1 Å². The SMILES string of the molecule is Cc1nnc(SCC(=O)Nc2nonc2[N+](=O)[O-])s1. The molecule has 2 aromatic heterocycles. The highest BCUT2D eigenvalue weighted by Crippen LogP contribution is 2.23. The average molecular weight is 302 g/mol. The van der Waals surface area contributed by atoms with Gasteiger partial charge in [0.1, 0.15) is 5.01 Å². The summed E-state index contributed by atoms with van der Waals surface area (Å²) in [5, 5.41) is 27.5. The fourth-order valence-corrected chi connectivity index (χ4v) is 2.63. The third-order valence-electron chi connectivity index (χ3n) is 1.74. The van der Waals surface area contributed by atoms with E-state index in [2.05, 4.69) is 30.5 Å². The molecule has 0 fully saturated rings. The first-order valence-corrected chi connectivity index (χ1v) is 6.56. The van der Waals surface area contributed by atoms with E-state index in [0.29, 0.717) is 4.34 Å². The largest absolute Gasteiger partial charge is 0.459 e. The number of thioether (sulfide) groups is 1. The van der Waals surface area contributed by atoms with E-state index in [0.717, 1.165) is 5.01 Å². The van der Waals surface area contributed by atoms with E-state index >= 15 is 0 Å². The highest BCUT2D eigenvalue weighted by atomic mass is 32.2. The number of aromatic nitrogens is 4. The zero-order valence-electron chi connectivity index (χ0n) is 9.39. The number of nitrogens with zero attached hydrogens (tertiary/aromatic N) is 5. The lowest BCUT2D eigenvalue weighted by molar-refractivity contribution is -0.390. The first-order valence-electron chi connectivity index (χ1n) is 4.76. The van der Waals surface area contributed by atoms with Crippen LogP contribution in [0.15, 0.2) is 8.97 Å². The molecule has 0 aliphatic carbocycles. The van der Waals surface area contributed by atoms with E-state index in [9.17, 15) is 14.9 Å². The zero-order valence-corrected chi connectivity index (χ0v) is 11.0. The zero-order chi connectivity index (χ0) is 13.8. The van der Waals surface area contributed by atoms with E-state index in [4.69, 9.17) is 0 Å². The Morgan fingerprint density at radius 1 is 1.53 bits per heavy atom. The molecule has 12 heteroatoms. The monoisotopic (exact) mass is 302 g/mol. The molecule has 10 nitrogen and oxygen atoms in total. The molecule has 0 bridgehead atoms. The molecular formula is C7H6N6O4S2. The van der Waals surface area contributed by atoms with Crippen LogP contribution in [0.5, 0.6) is 0 Å². The molecule has 0 atom stereocenters. The maximum Gasteiger partial charge on any atom is 0.459 e. The summed E-state index contributed by atoms with van der Waals surface area (Å²) in [4.78, 5) is 21.3. The lowest BCUT2D eigenvalue weighted by Crippen LogP contribution is -2.15. The molecule has 0 aromatic carbocycles. The van der Waals surface area contributed by atoms with Crippen LogP contribution in [0.3, 0.4) is 0 Å². The van der Waals surface area contributed by atoms with Gasteiger partial charge < -0.3 is 10.1 Å². The number of hydrogen-bond acceptors (Lipinski definition) is 10. The van der Waals surface area contributed by atoms with Crippen molar-refractivity contribution in [2.45, 2.75) is 11.3 Å². The quantitative estimate of drug-likeness (QED) is 0.484. The Labute approximate surface area is 113 Å². The smallest absolute Gasteiger partial charge is 0.358 e. The number of nitrogens with one attached hydrogen (secondary N) is 1. The van der Waals surface area contributed by atoms with Gasteiger partial charge in [-0.25, -0.2) is 0 Å². The molecule has 19 heavy (non-hydrogen) atoms. The van der Waals surface area contributed by atoms with Gasteiger partial charge >= 0.3 is 5.82 Å². The molecule has 0 saturated carbocycles. The van der Waals surface area contributed by atoms with Gasteiger partial charge in [-0.1, -0.05) is 23.1 Å². The van der Waals surface area contributed by atoms with Gasteiger partial charge in [0.05, 0.1) is 5.75 Å². The summed E-state index contributed by atoms with van der Waals surface area (Å²) in [6, 6.07) is 0. The summed E-state index contributed by atoms with van der Waals surface area (Å²) >= 11 is 2.52. The number of aryl methyl sites for hydroxylation is 1. The topological polar surface area (TPSA) is 137 Å². The number of carbonyl (C=O) groups is 1. The molecule has 0 saturated heterocycles. The van der Waals surface area contributed by atoms with Crippen molar-refractivity contribution < 1.29 is 14.3 Å². The number of rotatable bonds is 5. The van der Waals surface area contributed by atoms with Gasteiger partial charge in [0, 0.05) is 5.16 Å². The van der Waals surface area contributed by atoms with E-state index in [1.54, 1.807) is 6.92 Å². The molecule has 0 radical (unpaired) electrons. The Bertz CT molecular complexity index is 610. The van der Waals surface area contributed by atoms with Crippen molar-refractivity contribution in [1.29, 1.82) is 0 Å². The normalized spacial score (nSPS) is 10.4. The number of anilines is 1. The van der Waals surface area contributed by atoms with Crippen molar-refractivity contribution in [2.24, 2.45) is 0 Å². The van der Waals surface area contributed by atoms with Crippen LogP contribution >= 0.6 is 23.1 Å². The van der Waals surface area contributed by atoms with E-state index in [1.807, 2.05) is 0 Å². The molecule has 2 aromatic rings. The van der Waals surface area contributed by atoms with Crippen LogP contribution in [0, 0.1) is 17.0 Å². The maximum atomic E-state index is 11.6. The summed E-state index contributed by atoms with van der Waals surface area (Å²) in [7, 11) is 0. The van der Waals surface area contributed by atoms with Crippen LogP contribution in [0.2, 0.25) is 0 Å². The fraction of sp³-hybridized carbons (Fsp3) is 0.286. The highest BCUT2D eigenvalue weighted by molar-refractivity contribution is 8.01. The summed E-state index contributed by atoms with van der Waals surface area (Å²) in [6.45, 7) is 1.80. The molecule has 2 heterocycles. The molecule has 0 aliphatic heterocycles. The van der Waals surface area contributed by atoms with Crippen molar-refractivity contribution in [3.8, 4) is 0 Å². The maximum absolute atomic E-state index is 11.6. The Balaban J connectivity index is 1.90. The lowest BCUT2D eigenvalue weighted by atomic mass is 10.6. The minimum absolute atomic E-state index is 0.0264. The Morgan fingerprint density at radius 3 is 2.95 bits per heavy atom. The predicted molar refractivity (Wildman–Crippen MR) is 65.0 cm³/mol. The van der Waals surface area contributed by atoms with Crippen LogP contribution in [0.25, 0.3) is 0 Å². The van der Waals surface area contributed by atoms with Gasteiger partial charge in [0.25, 0.3) is 5.82 Å². The van der Waals surface area contributed by atoms with Crippen molar-refractivity contribution in [2.75, 3.05) is 11.1 Å². The number of amides is 1. The second-order valence-electron chi connectivity index (χ2n) is 3.12. The molecule has 1 amide bonds. The summed E-state index contributed by atoms with van der Waals surface area (Å²) in [5.74, 6) is -1.40. The average Bonchev–Trinajstić information content (AvgIpc) is 2.95. The van der Waals surface area contributed by atoms with Gasteiger partial charge in [-0.05, 0) is 11.8 Å². The molecule has 0 aliphatic rings. The Kier molecular flexibility index (Phi) is 4.01. The third kappa shape index (κ3) is 3.45. The van der Waals surface area contributed by atoms with Gasteiger partial charge in [0.2, 0.25) is 5.91 Å². The number of hydrogen-bond donors (Lipinski definition) is 1. The number of nitro groups is 1. The molecule has 100 valence electrons. The van der Waals surface area contributed by atoms with Crippen LogP contribution in [-0.2, 0) is 4.79 Å². The van der Waals surface area contributed by atoms with E-state index in [-0.39, 0.29) is 11.6 Å². The first kappa shape index (κ1) is 13.4. The van der Waals surface area contributed by atoms with Crippen LogP contribution in [0.1, 0.15) is 5.01 Å². The first-order chi connectivity index (χ1) is 9.06. The number of carbonyl (C=O) groups excluding carboxylic acids is 1. The fourth-order valence-electron chi connectivity index (χ4n) is 1.01. The van der Waals surface area contributed by atoms with Crippen molar-refractivity contribution in [3.05, 3.63) is 15.1 Å². The van der Waals surface area contributed by atoms with Crippen molar-refractivity contribution in [1.82, 2.24) is 20.5 Å². The Morgan fingerprint density at radius 2 is 2.32 bits per heavy atom. The second-order valence-corrected chi connectivity index (χ2v) is 5.52. The summed E-state index contributed by atoms with van der Waals surface area (Å²) < 4.78 is 4.83. The summed E-state index contributed by atoms with van der Waals surface area (Å²) in [6.07, 6.45) is 0. The molecule has 1 N–H and O–H groups in total. The molecule has 0 unspecified atom stereocenters. The lowest BCUT2D eigenvalue weighted by Gasteiger charge is -1.98. The summed E-state index contributed by atoms with van der Waals surface area (Å²) in [5.41, 5.74) is 0. The third-order valence-corrected chi connectivity index (χ3v) is 3.71. The van der Waals surface area contributed by atoms with Gasteiger partial charge in [-0.15, -0.1) is 14.8 Å². The Hall–Kier alpha value is -2.08. The predicted octanol–water partition coefficient (Wildman–Crippen LogP) is 0.869. The van der Waals surface area contributed by atoms with Crippen LogP contribution < -0.4 is 5.32 Å². The highest BCUT2D eigenvalue weighted by Gasteiger charge is 2.23. The molecule has 2 rings (SSSR count). The van der Waals surface area contributed by atoms with Crippen molar-refractivity contribution in [3.63, 3.8) is 0 Å². The van der Waals surface area contributed by atoms with Gasteiger partial charge in [0.15, 0.2) is 9.50 Å². The van der Waals surface area contributed by atoms with Gasteiger partial charge in [-0.2, -0.15) is 0 Å². The molecular weight excluding hydrogens is 296 g/mol. The molecule has 0 spiro atoms. The second kappa shape index (κ2) is 5.71. The van der Waals surface area contributed by atoms with E-state index < -0.39 is 16.6 Å². The van der Waals surface area contributed by atoms with E-state index in [1.165, 1.54) is 23.1 Å². The van der Waals surface area contributed by atoms with Crippen molar-refractivity contribution >= 4 is 40.6 Å². The minimum Gasteiger partial charge on any atom is -0.358 e.